The molecule has 3 N–H and O–H groups in total. The van der Waals surface area contributed by atoms with E-state index in [1.54, 1.807) is 0 Å². The van der Waals surface area contributed by atoms with Crippen molar-refractivity contribution in [1.82, 2.24) is 20.3 Å². The van der Waals surface area contributed by atoms with Crippen LogP contribution in [0.5, 0.6) is 0 Å². The molecule has 13 heteroatoms. The van der Waals surface area contributed by atoms with Crippen LogP contribution in [-0.2, 0) is 40.5 Å². The van der Waals surface area contributed by atoms with Crippen molar-refractivity contribution in [2.75, 3.05) is 6.54 Å². The molecule has 3 saturated carbocycles. The highest BCUT2D eigenvalue weighted by Gasteiger charge is 2.62. The summed E-state index contributed by atoms with van der Waals surface area (Å²) < 4.78 is 39.9. The van der Waals surface area contributed by atoms with Gasteiger partial charge in [0.2, 0.25) is 21.8 Å². The number of nitrogens with one attached hydrogen (secondary N) is 3. The summed E-state index contributed by atoms with van der Waals surface area (Å²) >= 11 is 0. The molecule has 2 heterocycles. The van der Waals surface area contributed by atoms with Gasteiger partial charge in [-0.2, -0.15) is 0 Å². The van der Waals surface area contributed by atoms with E-state index < -0.39 is 62.8 Å². The molecule has 0 unspecified atom stereocenters. The molecule has 0 bridgehead atoms. The Bertz CT molecular complexity index is 1780. The van der Waals surface area contributed by atoms with Gasteiger partial charge in [0.25, 0.3) is 5.91 Å². The normalized spacial score (nSPS) is 29.6. The van der Waals surface area contributed by atoms with Crippen LogP contribution in [0.15, 0.2) is 54.6 Å². The average Bonchev–Trinajstić information content (AvgIpc) is 3.99. The molecule has 2 aromatic carbocycles. The van der Waals surface area contributed by atoms with Crippen molar-refractivity contribution in [2.45, 2.75) is 125 Å². The standard InChI is InChI=1S/C38H48N4O8S/c43-34-33-21-29(49-24-26-13-10-12-25-11-6-9-17-31(25)26)23-42(33)35(44)32(39-37(46)50-28-15-7-8-16-28)18-5-3-1-2-4-14-27-22-38(27,40-34)36(45)41-51(47,48)30-19-20-30/h4,6,9-14,17,27-30,32-33H,1-3,5,7-8,15-16,18-24H2,(H,39,46)(H,40,43)(H,41,45)/b14-4-/t27-,29-,32+,33+,38-/m1/s1. The molecule has 2 aliphatic heterocycles. The molecule has 3 aliphatic carbocycles. The fraction of sp³-hybridized carbons (Fsp3) is 0.579. The highest BCUT2D eigenvalue weighted by atomic mass is 32.2. The van der Waals surface area contributed by atoms with Gasteiger partial charge < -0.3 is 25.0 Å². The molecular formula is C38H48N4O8S. The van der Waals surface area contributed by atoms with Crippen LogP contribution < -0.4 is 15.4 Å². The van der Waals surface area contributed by atoms with Crippen molar-refractivity contribution >= 4 is 44.6 Å². The van der Waals surface area contributed by atoms with Crippen LogP contribution in [-0.4, -0.2) is 78.8 Å². The lowest BCUT2D eigenvalue weighted by atomic mass is 10.0. The highest BCUT2D eigenvalue weighted by molar-refractivity contribution is 7.91. The van der Waals surface area contributed by atoms with Crippen molar-refractivity contribution < 1.29 is 37.1 Å². The Kier molecular flexibility index (Phi) is 10.4. The summed E-state index contributed by atoms with van der Waals surface area (Å²) in [5.74, 6) is -2.11. The quantitative estimate of drug-likeness (QED) is 0.339. The van der Waals surface area contributed by atoms with E-state index in [9.17, 15) is 27.6 Å². The second-order valence-corrected chi connectivity index (χ2v) is 16.8. The second kappa shape index (κ2) is 14.9. The molecule has 0 aromatic heterocycles. The Morgan fingerprint density at radius 2 is 1.69 bits per heavy atom. The summed E-state index contributed by atoms with van der Waals surface area (Å²) in [6, 6.07) is 12.1. The van der Waals surface area contributed by atoms with Crippen LogP contribution in [0.2, 0.25) is 0 Å². The van der Waals surface area contributed by atoms with Gasteiger partial charge in [-0.25, -0.2) is 13.2 Å². The Balaban J connectivity index is 1.14. The van der Waals surface area contributed by atoms with Gasteiger partial charge in [0.15, 0.2) is 0 Å². The van der Waals surface area contributed by atoms with Crippen LogP contribution in [0.25, 0.3) is 10.8 Å². The number of fused-ring (bicyclic) bond motifs is 3. The third-order valence-corrected chi connectivity index (χ3v) is 12.9. The van der Waals surface area contributed by atoms with Crippen LogP contribution in [0.4, 0.5) is 4.79 Å². The predicted molar refractivity (Wildman–Crippen MR) is 190 cm³/mol. The Morgan fingerprint density at radius 1 is 0.922 bits per heavy atom. The van der Waals surface area contributed by atoms with Gasteiger partial charge in [-0.05, 0) is 80.5 Å². The monoisotopic (exact) mass is 720 g/mol. The molecule has 5 aliphatic rings. The van der Waals surface area contributed by atoms with Crippen molar-refractivity contribution in [3.63, 3.8) is 0 Å². The van der Waals surface area contributed by atoms with Gasteiger partial charge in [-0.15, -0.1) is 0 Å². The first-order chi connectivity index (χ1) is 24.6. The Hall–Kier alpha value is -3.97. The minimum atomic E-state index is -3.85. The summed E-state index contributed by atoms with van der Waals surface area (Å²) in [4.78, 5) is 56.8. The van der Waals surface area contributed by atoms with Gasteiger partial charge in [0.1, 0.15) is 23.7 Å². The second-order valence-electron chi connectivity index (χ2n) is 14.8. The summed E-state index contributed by atoms with van der Waals surface area (Å²) in [6.45, 7) is 0.367. The van der Waals surface area contributed by atoms with Crippen LogP contribution >= 0.6 is 0 Å². The molecule has 4 amide bonds. The first-order valence-electron chi connectivity index (χ1n) is 18.5. The lowest BCUT2D eigenvalue weighted by Crippen LogP contribution is -2.58. The number of rotatable bonds is 8. The number of allylic oxidation sites excluding steroid dienone is 1. The summed E-state index contributed by atoms with van der Waals surface area (Å²) in [5, 5.41) is 7.25. The third-order valence-electron chi connectivity index (χ3n) is 11.1. The molecule has 51 heavy (non-hydrogen) atoms. The number of nitrogens with zero attached hydrogens (tertiary/aromatic N) is 1. The third kappa shape index (κ3) is 8.09. The Labute approximate surface area is 299 Å². The summed E-state index contributed by atoms with van der Waals surface area (Å²) in [5.41, 5.74) is -0.475. The number of alkyl carbamates (subject to hydrolysis) is 1. The van der Waals surface area contributed by atoms with Gasteiger partial charge in [-0.1, -0.05) is 67.5 Å². The fourth-order valence-corrected chi connectivity index (χ4v) is 9.21. The first-order valence-corrected chi connectivity index (χ1v) is 20.1. The van der Waals surface area contributed by atoms with E-state index in [1.807, 2.05) is 54.6 Å². The molecule has 0 spiro atoms. The van der Waals surface area contributed by atoms with Crippen LogP contribution in [0.1, 0.15) is 89.0 Å². The smallest absolute Gasteiger partial charge is 0.408 e. The maximum absolute atomic E-state index is 14.4. The number of sulfonamides is 1. The Morgan fingerprint density at radius 3 is 2.49 bits per heavy atom. The SMILES string of the molecule is O=C(N[C@H]1CCCCC/C=C\[C@@H]2C[C@@]2(C(=O)NS(=O)(=O)C2CC2)NC(=O)[C@@H]2C[C@@H](OCc3cccc4ccccc34)CN2C1=O)OC1CCCC1. The number of carbonyl (C=O) groups excluding carboxylic acids is 4. The molecule has 2 aromatic rings. The molecule has 4 fully saturated rings. The van der Waals surface area contributed by atoms with E-state index in [0.29, 0.717) is 25.7 Å². The zero-order valence-electron chi connectivity index (χ0n) is 28.9. The zero-order valence-corrected chi connectivity index (χ0v) is 29.7. The highest BCUT2D eigenvalue weighted by Crippen LogP contribution is 2.46. The summed E-state index contributed by atoms with van der Waals surface area (Å²) in [7, 11) is -3.85. The largest absolute Gasteiger partial charge is 0.446 e. The molecule has 12 nitrogen and oxygen atoms in total. The number of amides is 4. The van der Waals surface area contributed by atoms with Gasteiger partial charge in [0, 0.05) is 18.9 Å². The van der Waals surface area contributed by atoms with E-state index in [-0.39, 0.29) is 38.0 Å². The van der Waals surface area contributed by atoms with Gasteiger partial charge >= 0.3 is 6.09 Å². The minimum Gasteiger partial charge on any atom is -0.446 e. The van der Waals surface area contributed by atoms with Crippen molar-refractivity contribution in [2.24, 2.45) is 5.92 Å². The van der Waals surface area contributed by atoms with Gasteiger partial charge in [0.05, 0.1) is 18.0 Å². The van der Waals surface area contributed by atoms with Crippen molar-refractivity contribution in [3.05, 3.63) is 60.2 Å². The van der Waals surface area contributed by atoms with E-state index in [0.717, 1.165) is 61.3 Å². The van der Waals surface area contributed by atoms with E-state index in [1.165, 1.54) is 4.90 Å². The van der Waals surface area contributed by atoms with E-state index in [2.05, 4.69) is 15.4 Å². The number of benzene rings is 2. The fourth-order valence-electron chi connectivity index (χ4n) is 7.84. The molecule has 5 atom stereocenters. The molecular weight excluding hydrogens is 673 g/mol. The number of carbonyl (C=O) groups is 4. The van der Waals surface area contributed by atoms with Crippen molar-refractivity contribution in [3.8, 4) is 0 Å². The van der Waals surface area contributed by atoms with Crippen molar-refractivity contribution in [1.29, 1.82) is 0 Å². The average molecular weight is 721 g/mol. The lowest BCUT2D eigenvalue weighted by Gasteiger charge is -2.30. The van der Waals surface area contributed by atoms with Gasteiger partial charge in [-0.3, -0.25) is 19.1 Å². The van der Waals surface area contributed by atoms with Crippen LogP contribution in [0.3, 0.4) is 0 Å². The van der Waals surface area contributed by atoms with E-state index in [4.69, 9.17) is 9.47 Å². The first kappa shape index (κ1) is 35.4. The summed E-state index contributed by atoms with van der Waals surface area (Å²) in [6.07, 6.45) is 10.9. The molecule has 1 saturated heterocycles. The topological polar surface area (TPSA) is 160 Å². The molecule has 0 radical (unpaired) electrons. The van der Waals surface area contributed by atoms with Crippen LogP contribution in [0, 0.1) is 5.92 Å². The molecule has 274 valence electrons. The molecule has 7 rings (SSSR count). The maximum atomic E-state index is 14.4. The maximum Gasteiger partial charge on any atom is 0.408 e. The number of hydrogen-bond donors (Lipinski definition) is 3. The lowest BCUT2D eigenvalue weighted by molar-refractivity contribution is -0.141. The predicted octanol–water partition coefficient (Wildman–Crippen LogP) is 4.37. The number of ether oxygens (including phenoxy) is 2. The minimum absolute atomic E-state index is 0.107. The number of hydrogen-bond acceptors (Lipinski definition) is 8. The zero-order chi connectivity index (χ0) is 35.6. The van der Waals surface area contributed by atoms with E-state index >= 15 is 0 Å².